The van der Waals surface area contributed by atoms with Crippen LogP contribution in [-0.2, 0) is 0 Å². The number of hydrogen-bond donors (Lipinski definition) is 1. The van der Waals surface area contributed by atoms with Crippen LogP contribution in [0.15, 0.2) is 45.6 Å². The van der Waals surface area contributed by atoms with Gasteiger partial charge < -0.3 is 19.0 Å². The Morgan fingerprint density at radius 3 is 2.30 bits per heavy atom. The number of phenolic OH excluding ortho intramolecular Hbond substituents is 1. The third-order valence-corrected chi connectivity index (χ3v) is 3.46. The van der Waals surface area contributed by atoms with Gasteiger partial charge in [-0.1, -0.05) is 0 Å². The van der Waals surface area contributed by atoms with Crippen LogP contribution < -0.4 is 14.9 Å². The van der Waals surface area contributed by atoms with Gasteiger partial charge in [0.1, 0.15) is 17.2 Å². The predicted octanol–water partition coefficient (Wildman–Crippen LogP) is 3.32. The van der Waals surface area contributed by atoms with E-state index in [1.165, 1.54) is 44.6 Å². The zero-order valence-corrected chi connectivity index (χ0v) is 12.4. The minimum atomic E-state index is -0.501. The van der Waals surface area contributed by atoms with Crippen LogP contribution in [0.2, 0.25) is 0 Å². The molecule has 1 N–H and O–H groups in total. The lowest BCUT2D eigenvalue weighted by molar-refractivity contribution is 0.340. The summed E-state index contributed by atoms with van der Waals surface area (Å²) in [5.41, 5.74) is 0.297. The molecule has 0 saturated carbocycles. The fourth-order valence-corrected chi connectivity index (χ4v) is 2.31. The van der Waals surface area contributed by atoms with Crippen LogP contribution in [0, 0.1) is 5.82 Å². The number of rotatable bonds is 3. The van der Waals surface area contributed by atoms with Crippen molar-refractivity contribution < 1.29 is 23.4 Å². The summed E-state index contributed by atoms with van der Waals surface area (Å²) in [6.07, 6.45) is 0. The molecule has 2 aromatic carbocycles. The molecule has 1 aromatic heterocycles. The van der Waals surface area contributed by atoms with Gasteiger partial charge in [0.15, 0.2) is 16.9 Å². The molecular formula is C17H13FO5. The summed E-state index contributed by atoms with van der Waals surface area (Å²) < 4.78 is 29.1. The predicted molar refractivity (Wildman–Crippen MR) is 82.6 cm³/mol. The molecule has 0 unspecified atom stereocenters. The Balaban J connectivity index is 2.26. The highest BCUT2D eigenvalue weighted by Gasteiger charge is 2.15. The molecule has 6 heteroatoms. The molecule has 23 heavy (non-hydrogen) atoms. The minimum Gasteiger partial charge on any atom is -0.502 e. The first-order chi connectivity index (χ1) is 11.0. The van der Waals surface area contributed by atoms with Crippen LogP contribution in [0.4, 0.5) is 4.39 Å². The van der Waals surface area contributed by atoms with Gasteiger partial charge in [-0.25, -0.2) is 4.39 Å². The standard InChI is InChI=1S/C17H13FO5/c1-21-15-5-9(6-16(22-2)17(15)20)13-8-12(19)11-4-3-10(18)7-14(11)23-13/h3-8,20H,1-2H3. The third-order valence-electron chi connectivity index (χ3n) is 3.46. The van der Waals surface area contributed by atoms with Crippen LogP contribution >= 0.6 is 0 Å². The largest absolute Gasteiger partial charge is 0.502 e. The molecule has 0 aliphatic rings. The number of halogens is 1. The Kier molecular flexibility index (Phi) is 3.65. The fraction of sp³-hybridized carbons (Fsp3) is 0.118. The number of ether oxygens (including phenoxy) is 2. The van der Waals surface area contributed by atoms with Crippen LogP contribution in [0.5, 0.6) is 17.2 Å². The van der Waals surface area contributed by atoms with E-state index in [9.17, 15) is 14.3 Å². The Morgan fingerprint density at radius 2 is 1.70 bits per heavy atom. The molecule has 3 rings (SSSR count). The van der Waals surface area contributed by atoms with Crippen molar-refractivity contribution >= 4 is 11.0 Å². The summed E-state index contributed by atoms with van der Waals surface area (Å²) in [7, 11) is 2.79. The van der Waals surface area contributed by atoms with Crippen molar-refractivity contribution in [2.45, 2.75) is 0 Å². The lowest BCUT2D eigenvalue weighted by atomic mass is 10.1. The topological polar surface area (TPSA) is 68.9 Å². The molecule has 0 saturated heterocycles. The summed E-state index contributed by atoms with van der Waals surface area (Å²) in [6, 6.07) is 8.02. The van der Waals surface area contributed by atoms with Gasteiger partial charge in [-0.15, -0.1) is 0 Å². The lowest BCUT2D eigenvalue weighted by Gasteiger charge is -2.11. The Morgan fingerprint density at radius 1 is 1.04 bits per heavy atom. The molecule has 0 aliphatic heterocycles. The summed E-state index contributed by atoms with van der Waals surface area (Å²) >= 11 is 0. The number of phenols is 1. The quantitative estimate of drug-likeness (QED) is 0.803. The van der Waals surface area contributed by atoms with Gasteiger partial charge in [0, 0.05) is 17.7 Å². The van der Waals surface area contributed by atoms with Crippen molar-refractivity contribution in [1.82, 2.24) is 0 Å². The van der Waals surface area contributed by atoms with Crippen LogP contribution in [-0.4, -0.2) is 19.3 Å². The van der Waals surface area contributed by atoms with Crippen molar-refractivity contribution in [3.8, 4) is 28.6 Å². The highest BCUT2D eigenvalue weighted by atomic mass is 19.1. The molecule has 0 amide bonds. The summed E-state index contributed by atoms with van der Waals surface area (Å²) in [5.74, 6) is -0.112. The maximum Gasteiger partial charge on any atom is 0.200 e. The molecule has 3 aromatic rings. The van der Waals surface area contributed by atoms with Gasteiger partial charge in [0.05, 0.1) is 19.6 Å². The van der Waals surface area contributed by atoms with E-state index >= 15 is 0 Å². The average Bonchev–Trinajstić information content (AvgIpc) is 2.54. The van der Waals surface area contributed by atoms with Crippen molar-refractivity contribution in [1.29, 1.82) is 0 Å². The first-order valence-electron chi connectivity index (χ1n) is 6.72. The van der Waals surface area contributed by atoms with Crippen LogP contribution in [0.3, 0.4) is 0 Å². The van der Waals surface area contributed by atoms with E-state index in [2.05, 4.69) is 0 Å². The second kappa shape index (κ2) is 5.64. The second-order valence-corrected chi connectivity index (χ2v) is 4.84. The zero-order valence-electron chi connectivity index (χ0n) is 12.4. The van der Waals surface area contributed by atoms with Gasteiger partial charge in [-0.3, -0.25) is 4.79 Å². The number of benzene rings is 2. The van der Waals surface area contributed by atoms with Gasteiger partial charge in [-0.05, 0) is 24.3 Å². The zero-order chi connectivity index (χ0) is 16.6. The first kappa shape index (κ1) is 14.9. The van der Waals surface area contributed by atoms with Crippen molar-refractivity contribution in [2.75, 3.05) is 14.2 Å². The minimum absolute atomic E-state index is 0.138. The smallest absolute Gasteiger partial charge is 0.200 e. The molecule has 0 fully saturated rings. The molecule has 0 atom stereocenters. The maximum absolute atomic E-state index is 13.4. The molecule has 118 valence electrons. The normalized spacial score (nSPS) is 10.7. The first-order valence-corrected chi connectivity index (χ1v) is 6.72. The number of methoxy groups -OCH3 is 2. The molecule has 0 spiro atoms. The van der Waals surface area contributed by atoms with E-state index in [0.717, 1.165) is 6.07 Å². The molecule has 0 bridgehead atoms. The Bertz CT molecular complexity index is 920. The van der Waals surface area contributed by atoms with E-state index < -0.39 is 5.82 Å². The van der Waals surface area contributed by atoms with Gasteiger partial charge in [0.2, 0.25) is 5.75 Å². The molecule has 5 nitrogen and oxygen atoms in total. The fourth-order valence-electron chi connectivity index (χ4n) is 2.31. The van der Waals surface area contributed by atoms with Crippen molar-refractivity contribution in [3.05, 3.63) is 52.4 Å². The van der Waals surface area contributed by atoms with E-state index in [4.69, 9.17) is 13.9 Å². The van der Waals surface area contributed by atoms with E-state index in [1.807, 2.05) is 0 Å². The lowest BCUT2D eigenvalue weighted by Crippen LogP contribution is -2.01. The molecule has 0 radical (unpaired) electrons. The summed E-state index contributed by atoms with van der Waals surface area (Å²) in [4.78, 5) is 12.2. The van der Waals surface area contributed by atoms with E-state index in [1.54, 1.807) is 0 Å². The van der Waals surface area contributed by atoms with Crippen molar-refractivity contribution in [3.63, 3.8) is 0 Å². The van der Waals surface area contributed by atoms with Crippen molar-refractivity contribution in [2.24, 2.45) is 0 Å². The summed E-state index contributed by atoms with van der Waals surface area (Å²) in [6.45, 7) is 0. The SMILES string of the molecule is COc1cc(-c2cc(=O)c3ccc(F)cc3o2)cc(OC)c1O. The highest BCUT2D eigenvalue weighted by molar-refractivity contribution is 5.79. The van der Waals surface area contributed by atoms with Crippen LogP contribution in [0.25, 0.3) is 22.3 Å². The highest BCUT2D eigenvalue weighted by Crippen LogP contribution is 2.40. The average molecular weight is 316 g/mol. The number of aromatic hydroxyl groups is 1. The van der Waals surface area contributed by atoms with Gasteiger partial charge >= 0.3 is 0 Å². The molecular weight excluding hydrogens is 303 g/mol. The van der Waals surface area contributed by atoms with Gasteiger partial charge in [-0.2, -0.15) is 0 Å². The second-order valence-electron chi connectivity index (χ2n) is 4.84. The van der Waals surface area contributed by atoms with E-state index in [-0.39, 0.29) is 39.4 Å². The number of hydrogen-bond acceptors (Lipinski definition) is 5. The Labute approximate surface area is 130 Å². The van der Waals surface area contributed by atoms with Gasteiger partial charge in [0.25, 0.3) is 0 Å². The third kappa shape index (κ3) is 2.59. The molecule has 0 aliphatic carbocycles. The number of fused-ring (bicyclic) bond motifs is 1. The maximum atomic E-state index is 13.4. The van der Waals surface area contributed by atoms with Crippen LogP contribution in [0.1, 0.15) is 0 Å². The monoisotopic (exact) mass is 316 g/mol. The van der Waals surface area contributed by atoms with E-state index in [0.29, 0.717) is 5.56 Å². The molecule has 1 heterocycles. The summed E-state index contributed by atoms with van der Waals surface area (Å²) in [5, 5.41) is 10.2. The Hall–Kier alpha value is -3.02.